The van der Waals surface area contributed by atoms with Crippen molar-refractivity contribution in [2.75, 3.05) is 13.2 Å². The molecule has 0 fully saturated rings. The molecule has 1 aliphatic heterocycles. The van der Waals surface area contributed by atoms with Crippen LogP contribution >= 0.6 is 12.4 Å². The van der Waals surface area contributed by atoms with Crippen molar-refractivity contribution in [1.82, 2.24) is 9.80 Å². The minimum atomic E-state index is -0.319. The largest absolute Gasteiger partial charge is 0.368 e. The van der Waals surface area contributed by atoms with Gasteiger partial charge >= 0.3 is 0 Å². The first-order chi connectivity index (χ1) is 5.22. The molecule has 1 aliphatic rings. The van der Waals surface area contributed by atoms with Crippen molar-refractivity contribution in [3.05, 3.63) is 25.2 Å². The molecule has 2 N–H and O–H groups in total. The van der Waals surface area contributed by atoms with Gasteiger partial charge in [-0.1, -0.05) is 6.58 Å². The molecule has 0 saturated carbocycles. The second-order valence-corrected chi connectivity index (χ2v) is 2.35. The molecule has 0 aromatic heterocycles. The molecule has 5 heteroatoms. The van der Waals surface area contributed by atoms with Crippen LogP contribution in [0.4, 0.5) is 0 Å². The van der Waals surface area contributed by atoms with Gasteiger partial charge in [0.1, 0.15) is 0 Å². The second-order valence-electron chi connectivity index (χ2n) is 2.35. The summed E-state index contributed by atoms with van der Waals surface area (Å²) in [6, 6.07) is 0. The summed E-state index contributed by atoms with van der Waals surface area (Å²) in [5, 5.41) is 0. The van der Waals surface area contributed by atoms with E-state index in [1.165, 1.54) is 0 Å². The molecule has 12 heavy (non-hydrogen) atoms. The van der Waals surface area contributed by atoms with Crippen molar-refractivity contribution in [3.8, 4) is 0 Å². The number of primary amides is 1. The third-order valence-corrected chi connectivity index (χ3v) is 1.41. The van der Waals surface area contributed by atoms with Crippen LogP contribution in [-0.4, -0.2) is 28.9 Å². The van der Waals surface area contributed by atoms with E-state index in [1.54, 1.807) is 6.20 Å². The van der Waals surface area contributed by atoms with E-state index in [4.69, 9.17) is 5.73 Å². The Morgan fingerprint density at radius 2 is 2.33 bits per heavy atom. The van der Waals surface area contributed by atoms with Crippen LogP contribution in [0.1, 0.15) is 0 Å². The summed E-state index contributed by atoms with van der Waals surface area (Å²) in [6.07, 6.45) is 5.35. The summed E-state index contributed by atoms with van der Waals surface area (Å²) < 4.78 is 0. The van der Waals surface area contributed by atoms with Gasteiger partial charge in [-0.2, -0.15) is 0 Å². The van der Waals surface area contributed by atoms with E-state index >= 15 is 0 Å². The normalized spacial score (nSPS) is 14.3. The Balaban J connectivity index is 0.00000121. The lowest BCUT2D eigenvalue weighted by Crippen LogP contribution is -2.31. The monoisotopic (exact) mass is 189 g/mol. The number of nitrogens with zero attached hydrogens (tertiary/aromatic N) is 2. The molecule has 0 aromatic carbocycles. The molecule has 68 valence electrons. The molecule has 0 saturated heterocycles. The Morgan fingerprint density at radius 1 is 1.67 bits per heavy atom. The van der Waals surface area contributed by atoms with Crippen molar-refractivity contribution < 1.29 is 4.79 Å². The fourth-order valence-electron chi connectivity index (χ4n) is 0.905. The Bertz CT molecular complexity index is 205. The Hall–Kier alpha value is -1.16. The standard InChI is InChI=1S/C7H11N3O.ClH/c1-2-9-3-4-10(6-9)5-7(8)11;/h2-4H,1,5-6H2,(H2,8,11);1H. The summed E-state index contributed by atoms with van der Waals surface area (Å²) in [6.45, 7) is 4.51. The average Bonchev–Trinajstić information content (AvgIpc) is 2.34. The number of carbonyl (C=O) groups is 1. The number of hydrogen-bond donors (Lipinski definition) is 1. The smallest absolute Gasteiger partial charge is 0.236 e. The molecular weight excluding hydrogens is 178 g/mol. The van der Waals surface area contributed by atoms with E-state index in [9.17, 15) is 4.79 Å². The van der Waals surface area contributed by atoms with E-state index < -0.39 is 0 Å². The fraction of sp³-hybridized carbons (Fsp3) is 0.286. The highest BCUT2D eigenvalue weighted by Crippen LogP contribution is 2.04. The molecule has 0 atom stereocenters. The van der Waals surface area contributed by atoms with Gasteiger partial charge in [-0.15, -0.1) is 12.4 Å². The van der Waals surface area contributed by atoms with Gasteiger partial charge in [0.05, 0.1) is 13.2 Å². The molecular formula is C7H12ClN3O. The van der Waals surface area contributed by atoms with Crippen molar-refractivity contribution in [1.29, 1.82) is 0 Å². The Morgan fingerprint density at radius 3 is 2.75 bits per heavy atom. The third kappa shape index (κ3) is 2.84. The lowest BCUT2D eigenvalue weighted by Gasteiger charge is -2.15. The maximum Gasteiger partial charge on any atom is 0.236 e. The van der Waals surface area contributed by atoms with Crippen LogP contribution in [0.15, 0.2) is 25.2 Å². The van der Waals surface area contributed by atoms with Gasteiger partial charge in [0.25, 0.3) is 0 Å². The van der Waals surface area contributed by atoms with Gasteiger partial charge in [-0.05, 0) is 6.20 Å². The summed E-state index contributed by atoms with van der Waals surface area (Å²) in [5.74, 6) is -0.319. The molecule has 0 spiro atoms. The quantitative estimate of drug-likeness (QED) is 0.685. The van der Waals surface area contributed by atoms with Crippen LogP contribution in [0.2, 0.25) is 0 Å². The highest BCUT2D eigenvalue weighted by Gasteiger charge is 2.10. The van der Waals surface area contributed by atoms with Crippen molar-refractivity contribution >= 4 is 18.3 Å². The molecule has 1 rings (SSSR count). The summed E-state index contributed by atoms with van der Waals surface area (Å²) in [4.78, 5) is 14.1. The fourth-order valence-corrected chi connectivity index (χ4v) is 0.905. The van der Waals surface area contributed by atoms with E-state index in [2.05, 4.69) is 6.58 Å². The van der Waals surface area contributed by atoms with Crippen LogP contribution < -0.4 is 5.73 Å². The van der Waals surface area contributed by atoms with E-state index in [0.29, 0.717) is 6.67 Å². The number of halogens is 1. The maximum absolute atomic E-state index is 10.5. The lowest BCUT2D eigenvalue weighted by atomic mass is 10.5. The van der Waals surface area contributed by atoms with Crippen molar-refractivity contribution in [2.24, 2.45) is 5.73 Å². The van der Waals surface area contributed by atoms with Crippen LogP contribution in [-0.2, 0) is 4.79 Å². The first-order valence-corrected chi connectivity index (χ1v) is 3.31. The first kappa shape index (κ1) is 10.8. The van der Waals surface area contributed by atoms with Crippen LogP contribution in [0.25, 0.3) is 0 Å². The van der Waals surface area contributed by atoms with Gasteiger partial charge in [0.2, 0.25) is 5.91 Å². The van der Waals surface area contributed by atoms with Crippen molar-refractivity contribution in [2.45, 2.75) is 0 Å². The summed E-state index contributed by atoms with van der Waals surface area (Å²) >= 11 is 0. The Labute approximate surface area is 77.7 Å². The van der Waals surface area contributed by atoms with E-state index in [0.717, 1.165) is 0 Å². The zero-order chi connectivity index (χ0) is 8.27. The topological polar surface area (TPSA) is 49.6 Å². The Kier molecular flexibility index (Phi) is 4.21. The molecule has 0 radical (unpaired) electrons. The lowest BCUT2D eigenvalue weighted by molar-refractivity contribution is -0.118. The zero-order valence-corrected chi connectivity index (χ0v) is 7.46. The number of nitrogens with two attached hydrogens (primary N) is 1. The predicted octanol–water partition coefficient (Wildman–Crippen LogP) is 0.0833. The van der Waals surface area contributed by atoms with Crippen LogP contribution in [0, 0.1) is 0 Å². The average molecular weight is 190 g/mol. The summed E-state index contributed by atoms with van der Waals surface area (Å²) in [7, 11) is 0. The van der Waals surface area contributed by atoms with Gasteiger partial charge in [-0.3, -0.25) is 4.79 Å². The predicted molar refractivity (Wildman–Crippen MR) is 49.2 cm³/mol. The van der Waals surface area contributed by atoms with Crippen molar-refractivity contribution in [3.63, 3.8) is 0 Å². The third-order valence-electron chi connectivity index (χ3n) is 1.41. The van der Waals surface area contributed by atoms with Crippen LogP contribution in [0.3, 0.4) is 0 Å². The van der Waals surface area contributed by atoms with Crippen LogP contribution in [0.5, 0.6) is 0 Å². The molecule has 0 aromatic rings. The van der Waals surface area contributed by atoms with Gasteiger partial charge < -0.3 is 15.5 Å². The highest BCUT2D eigenvalue weighted by molar-refractivity contribution is 5.85. The minimum Gasteiger partial charge on any atom is -0.368 e. The SMILES string of the molecule is C=CN1C=CN(CC(N)=O)C1.Cl. The van der Waals surface area contributed by atoms with E-state index in [1.807, 2.05) is 22.2 Å². The molecule has 0 unspecified atom stereocenters. The number of carbonyl (C=O) groups excluding carboxylic acids is 1. The minimum absolute atomic E-state index is 0. The number of hydrogen-bond acceptors (Lipinski definition) is 3. The molecule has 0 aliphatic carbocycles. The molecule has 1 heterocycles. The molecule has 0 bridgehead atoms. The summed E-state index contributed by atoms with van der Waals surface area (Å²) in [5.41, 5.74) is 5.00. The maximum atomic E-state index is 10.5. The van der Waals surface area contributed by atoms with E-state index in [-0.39, 0.29) is 24.9 Å². The van der Waals surface area contributed by atoms with Gasteiger partial charge in [0, 0.05) is 12.4 Å². The second kappa shape index (κ2) is 4.66. The molecule has 4 nitrogen and oxygen atoms in total. The number of rotatable bonds is 3. The number of amides is 1. The van der Waals surface area contributed by atoms with Gasteiger partial charge in [-0.25, -0.2) is 0 Å². The zero-order valence-electron chi connectivity index (χ0n) is 6.64. The molecule has 1 amide bonds. The first-order valence-electron chi connectivity index (χ1n) is 3.31. The highest BCUT2D eigenvalue weighted by atomic mass is 35.5. The van der Waals surface area contributed by atoms with Gasteiger partial charge in [0.15, 0.2) is 0 Å².